The molecule has 3 nitrogen and oxygen atoms in total. The van der Waals surface area contributed by atoms with Crippen molar-refractivity contribution in [2.75, 3.05) is 5.32 Å². The predicted molar refractivity (Wildman–Crippen MR) is 69.4 cm³/mol. The highest BCUT2D eigenvalue weighted by molar-refractivity contribution is 14.1. The molecule has 0 unspecified atom stereocenters. The number of nitrogens with zero attached hydrogens (tertiary/aromatic N) is 2. The van der Waals surface area contributed by atoms with Crippen LogP contribution in [0.25, 0.3) is 0 Å². The number of aromatic nitrogens is 2. The summed E-state index contributed by atoms with van der Waals surface area (Å²) in [7, 11) is 0. The smallest absolute Gasteiger partial charge is 0.147 e. The molecule has 0 saturated carbocycles. The topological polar surface area (TPSA) is 37.8 Å². The number of anilines is 2. The molecule has 0 spiro atoms. The molecule has 2 aromatic rings. The molecule has 1 N–H and O–H groups in total. The Morgan fingerprint density at radius 2 is 2.19 bits per heavy atom. The number of halogens is 3. The molecule has 0 fully saturated rings. The van der Waals surface area contributed by atoms with Gasteiger partial charge in [0.1, 0.15) is 18.0 Å². The lowest BCUT2D eigenvalue weighted by Gasteiger charge is -2.08. The van der Waals surface area contributed by atoms with Crippen molar-refractivity contribution >= 4 is 45.7 Å². The van der Waals surface area contributed by atoms with Gasteiger partial charge in [-0.2, -0.15) is 0 Å². The second-order valence-electron chi connectivity index (χ2n) is 2.97. The standard InChI is InChI=1S/C10H6ClFIN3/c11-7-2-1-6(12)3-9(7)16-10-8(13)4-14-5-15-10/h1-5H,(H,14,15,16). The van der Waals surface area contributed by atoms with Crippen molar-refractivity contribution in [3.05, 3.63) is 45.1 Å². The zero-order valence-electron chi connectivity index (χ0n) is 7.92. The van der Waals surface area contributed by atoms with Gasteiger partial charge in [0.25, 0.3) is 0 Å². The van der Waals surface area contributed by atoms with Gasteiger partial charge in [-0.1, -0.05) is 11.6 Å². The second-order valence-corrected chi connectivity index (χ2v) is 4.54. The third kappa shape index (κ3) is 2.59. The maximum Gasteiger partial charge on any atom is 0.147 e. The minimum absolute atomic E-state index is 0.351. The summed E-state index contributed by atoms with van der Waals surface area (Å²) in [6, 6.07) is 4.12. The van der Waals surface area contributed by atoms with E-state index in [0.29, 0.717) is 16.5 Å². The van der Waals surface area contributed by atoms with E-state index in [0.717, 1.165) is 3.57 Å². The molecule has 16 heavy (non-hydrogen) atoms. The van der Waals surface area contributed by atoms with Gasteiger partial charge in [-0.05, 0) is 40.8 Å². The van der Waals surface area contributed by atoms with Crippen LogP contribution >= 0.6 is 34.2 Å². The Hall–Kier alpha value is -0.950. The molecule has 1 heterocycles. The maximum absolute atomic E-state index is 13.0. The quantitative estimate of drug-likeness (QED) is 0.842. The lowest BCUT2D eigenvalue weighted by atomic mass is 10.3. The van der Waals surface area contributed by atoms with E-state index in [4.69, 9.17) is 11.6 Å². The average molecular weight is 350 g/mol. The monoisotopic (exact) mass is 349 g/mol. The first-order valence-corrected chi connectivity index (χ1v) is 5.80. The fraction of sp³-hybridized carbons (Fsp3) is 0. The van der Waals surface area contributed by atoms with Gasteiger partial charge in [-0.15, -0.1) is 0 Å². The highest BCUT2D eigenvalue weighted by Gasteiger charge is 2.05. The van der Waals surface area contributed by atoms with Gasteiger partial charge in [0.15, 0.2) is 0 Å². The van der Waals surface area contributed by atoms with Crippen molar-refractivity contribution < 1.29 is 4.39 Å². The van der Waals surface area contributed by atoms with Crippen LogP contribution in [0.3, 0.4) is 0 Å². The van der Waals surface area contributed by atoms with Gasteiger partial charge in [0.2, 0.25) is 0 Å². The zero-order valence-corrected chi connectivity index (χ0v) is 10.8. The van der Waals surface area contributed by atoms with Gasteiger partial charge in [0, 0.05) is 6.20 Å². The van der Waals surface area contributed by atoms with Crippen LogP contribution in [0.2, 0.25) is 5.02 Å². The van der Waals surface area contributed by atoms with E-state index < -0.39 is 0 Å². The molecule has 2 rings (SSSR count). The van der Waals surface area contributed by atoms with Crippen molar-refractivity contribution in [1.29, 1.82) is 0 Å². The van der Waals surface area contributed by atoms with Crippen LogP contribution in [-0.4, -0.2) is 9.97 Å². The molecule has 82 valence electrons. The highest BCUT2D eigenvalue weighted by atomic mass is 127. The SMILES string of the molecule is Fc1ccc(Cl)c(Nc2ncncc2I)c1. The van der Waals surface area contributed by atoms with Crippen LogP contribution in [0.1, 0.15) is 0 Å². The number of hydrogen-bond donors (Lipinski definition) is 1. The van der Waals surface area contributed by atoms with E-state index >= 15 is 0 Å². The molecule has 0 aliphatic carbocycles. The molecular formula is C10H6ClFIN3. The first kappa shape index (κ1) is 11.5. The van der Waals surface area contributed by atoms with Gasteiger partial charge in [-0.3, -0.25) is 0 Å². The van der Waals surface area contributed by atoms with Gasteiger partial charge in [-0.25, -0.2) is 14.4 Å². The minimum atomic E-state index is -0.351. The molecule has 1 aromatic heterocycles. The Morgan fingerprint density at radius 1 is 1.38 bits per heavy atom. The number of hydrogen-bond acceptors (Lipinski definition) is 3. The van der Waals surface area contributed by atoms with E-state index in [2.05, 4.69) is 37.9 Å². The summed E-state index contributed by atoms with van der Waals surface area (Å²) in [4.78, 5) is 7.89. The number of benzene rings is 1. The number of nitrogens with one attached hydrogen (secondary N) is 1. The molecule has 6 heteroatoms. The predicted octanol–water partition coefficient (Wildman–Crippen LogP) is 3.62. The Balaban J connectivity index is 2.34. The molecule has 0 atom stereocenters. The van der Waals surface area contributed by atoms with Gasteiger partial charge < -0.3 is 5.32 Å². The lowest BCUT2D eigenvalue weighted by molar-refractivity contribution is 0.628. The van der Waals surface area contributed by atoms with E-state index in [1.807, 2.05) is 0 Å². The summed E-state index contributed by atoms with van der Waals surface area (Å²) in [5.74, 6) is 0.249. The lowest BCUT2D eigenvalue weighted by Crippen LogP contribution is -1.97. The first-order valence-electron chi connectivity index (χ1n) is 4.34. The molecular weight excluding hydrogens is 343 g/mol. The van der Waals surface area contributed by atoms with Crippen LogP contribution in [0, 0.1) is 9.39 Å². The summed E-state index contributed by atoms with van der Waals surface area (Å²) < 4.78 is 13.9. The van der Waals surface area contributed by atoms with Gasteiger partial charge >= 0.3 is 0 Å². The van der Waals surface area contributed by atoms with Crippen molar-refractivity contribution in [1.82, 2.24) is 9.97 Å². The van der Waals surface area contributed by atoms with Gasteiger partial charge in [0.05, 0.1) is 14.3 Å². The van der Waals surface area contributed by atoms with E-state index in [1.54, 1.807) is 6.20 Å². The van der Waals surface area contributed by atoms with E-state index in [9.17, 15) is 4.39 Å². The van der Waals surface area contributed by atoms with Crippen LogP contribution < -0.4 is 5.32 Å². The summed E-state index contributed by atoms with van der Waals surface area (Å²) in [6.45, 7) is 0. The Morgan fingerprint density at radius 3 is 2.94 bits per heavy atom. The third-order valence-electron chi connectivity index (χ3n) is 1.85. The van der Waals surface area contributed by atoms with Crippen LogP contribution in [0.5, 0.6) is 0 Å². The Bertz CT molecular complexity index is 521. The Labute approximate surface area is 110 Å². The van der Waals surface area contributed by atoms with Crippen molar-refractivity contribution in [2.24, 2.45) is 0 Å². The van der Waals surface area contributed by atoms with Crippen molar-refractivity contribution in [2.45, 2.75) is 0 Å². The summed E-state index contributed by atoms with van der Waals surface area (Å²) in [5, 5.41) is 3.39. The van der Waals surface area contributed by atoms with Crippen LogP contribution in [0.15, 0.2) is 30.7 Å². The Kier molecular flexibility index (Phi) is 3.55. The average Bonchev–Trinajstić information content (AvgIpc) is 2.27. The third-order valence-corrected chi connectivity index (χ3v) is 2.97. The van der Waals surface area contributed by atoms with E-state index in [1.165, 1.54) is 24.5 Å². The fourth-order valence-corrected chi connectivity index (χ4v) is 1.73. The zero-order chi connectivity index (χ0) is 11.5. The molecule has 0 aliphatic rings. The minimum Gasteiger partial charge on any atom is -0.338 e. The normalized spacial score (nSPS) is 10.2. The van der Waals surface area contributed by atoms with Crippen LogP contribution in [-0.2, 0) is 0 Å². The molecule has 0 amide bonds. The molecule has 1 aromatic carbocycles. The summed E-state index contributed by atoms with van der Waals surface area (Å²) in [6.07, 6.45) is 3.07. The highest BCUT2D eigenvalue weighted by Crippen LogP contribution is 2.26. The summed E-state index contributed by atoms with van der Waals surface area (Å²) in [5.41, 5.74) is 0.485. The second kappa shape index (κ2) is 4.92. The first-order chi connectivity index (χ1) is 7.66. The fourth-order valence-electron chi connectivity index (χ4n) is 1.13. The maximum atomic E-state index is 13.0. The largest absolute Gasteiger partial charge is 0.338 e. The summed E-state index contributed by atoms with van der Waals surface area (Å²) >= 11 is 8.01. The molecule has 0 aliphatic heterocycles. The van der Waals surface area contributed by atoms with Crippen LogP contribution in [0.4, 0.5) is 15.9 Å². The molecule has 0 radical (unpaired) electrons. The molecule has 0 saturated heterocycles. The van der Waals surface area contributed by atoms with Crippen molar-refractivity contribution in [3.63, 3.8) is 0 Å². The number of rotatable bonds is 2. The van der Waals surface area contributed by atoms with E-state index in [-0.39, 0.29) is 5.82 Å². The van der Waals surface area contributed by atoms with Crippen molar-refractivity contribution in [3.8, 4) is 0 Å². The molecule has 0 bridgehead atoms.